The topological polar surface area (TPSA) is 66.2 Å². The maximum atomic E-state index is 12.2. The van der Waals surface area contributed by atoms with E-state index in [9.17, 15) is 4.79 Å². The van der Waals surface area contributed by atoms with Gasteiger partial charge in [0.05, 0.1) is 12.3 Å². The van der Waals surface area contributed by atoms with Crippen molar-refractivity contribution < 1.29 is 9.53 Å². The number of aromatic nitrogens is 1. The Labute approximate surface area is 147 Å². The van der Waals surface area contributed by atoms with Gasteiger partial charge in [-0.15, -0.1) is 0 Å². The van der Waals surface area contributed by atoms with E-state index in [1.807, 2.05) is 24.3 Å². The molecule has 128 valence electrons. The fraction of sp³-hybridized carbons (Fsp3) is 0.444. The van der Waals surface area contributed by atoms with Crippen LogP contribution in [0, 0.1) is 0 Å². The van der Waals surface area contributed by atoms with Crippen LogP contribution in [0.15, 0.2) is 24.3 Å². The minimum Gasteiger partial charge on any atom is -0.461 e. The average molecular weight is 345 g/mol. The smallest absolute Gasteiger partial charge is 0.356 e. The van der Waals surface area contributed by atoms with Gasteiger partial charge in [0.2, 0.25) is 0 Å². The summed E-state index contributed by atoms with van der Waals surface area (Å²) in [5, 5.41) is 8.06. The van der Waals surface area contributed by atoms with Crippen molar-refractivity contribution in [1.82, 2.24) is 10.3 Å². The van der Waals surface area contributed by atoms with Crippen LogP contribution in [-0.2, 0) is 4.74 Å². The highest BCUT2D eigenvalue weighted by atomic mass is 32.1. The molecule has 3 N–H and O–H groups in total. The lowest BCUT2D eigenvalue weighted by atomic mass is 9.96. The van der Waals surface area contributed by atoms with Crippen molar-refractivity contribution in [2.45, 2.75) is 45.1 Å². The molecule has 1 aromatic carbocycles. The molecule has 0 saturated heterocycles. The Morgan fingerprint density at radius 1 is 1.29 bits per heavy atom. The van der Waals surface area contributed by atoms with Gasteiger partial charge in [0.15, 0.2) is 5.11 Å². The summed E-state index contributed by atoms with van der Waals surface area (Å²) in [4.78, 5) is 15.4. The summed E-state index contributed by atoms with van der Waals surface area (Å²) in [6.07, 6.45) is 6.05. The molecular weight excluding hydrogens is 322 g/mol. The van der Waals surface area contributed by atoms with E-state index in [2.05, 4.69) is 15.6 Å². The maximum Gasteiger partial charge on any atom is 0.356 e. The van der Waals surface area contributed by atoms with Crippen molar-refractivity contribution in [3.05, 3.63) is 30.0 Å². The molecule has 0 aliphatic heterocycles. The van der Waals surface area contributed by atoms with Gasteiger partial charge in [-0.2, -0.15) is 0 Å². The number of rotatable bonds is 4. The number of anilines is 1. The summed E-state index contributed by atoms with van der Waals surface area (Å²) < 4.78 is 5.16. The SMILES string of the molecule is CCOC(=O)c1[nH]c2ccccc2c1NC(=S)NC1CCCCC1. The van der Waals surface area contributed by atoms with Gasteiger partial charge in [-0.3, -0.25) is 0 Å². The third-order valence-electron chi connectivity index (χ3n) is 4.36. The van der Waals surface area contributed by atoms with E-state index < -0.39 is 0 Å². The monoisotopic (exact) mass is 345 g/mol. The molecule has 0 amide bonds. The minimum atomic E-state index is -0.378. The average Bonchev–Trinajstić information content (AvgIpc) is 2.95. The molecule has 5 nitrogen and oxygen atoms in total. The zero-order chi connectivity index (χ0) is 16.9. The molecule has 2 aromatic rings. The van der Waals surface area contributed by atoms with Crippen molar-refractivity contribution in [3.63, 3.8) is 0 Å². The van der Waals surface area contributed by atoms with Crippen LogP contribution < -0.4 is 10.6 Å². The van der Waals surface area contributed by atoms with E-state index in [-0.39, 0.29) is 5.97 Å². The van der Waals surface area contributed by atoms with Gasteiger partial charge >= 0.3 is 5.97 Å². The summed E-state index contributed by atoms with van der Waals surface area (Å²) in [7, 11) is 0. The van der Waals surface area contributed by atoms with Crippen molar-refractivity contribution in [2.24, 2.45) is 0 Å². The van der Waals surface area contributed by atoms with Crippen molar-refractivity contribution in [3.8, 4) is 0 Å². The number of H-pyrrole nitrogens is 1. The number of nitrogens with one attached hydrogen (secondary N) is 3. The van der Waals surface area contributed by atoms with Crippen LogP contribution in [0.1, 0.15) is 49.5 Å². The number of hydrogen-bond donors (Lipinski definition) is 3. The number of ether oxygens (including phenoxy) is 1. The number of fused-ring (bicyclic) bond motifs is 1. The quantitative estimate of drug-likeness (QED) is 0.578. The first-order valence-corrected chi connectivity index (χ1v) is 8.95. The molecule has 1 heterocycles. The molecule has 6 heteroatoms. The van der Waals surface area contributed by atoms with Gasteiger partial charge in [0, 0.05) is 16.9 Å². The lowest BCUT2D eigenvalue weighted by Gasteiger charge is -2.24. The van der Waals surface area contributed by atoms with E-state index in [0.29, 0.717) is 29.1 Å². The summed E-state index contributed by atoms with van der Waals surface area (Å²) in [5.41, 5.74) is 1.96. The molecule has 24 heavy (non-hydrogen) atoms. The van der Waals surface area contributed by atoms with E-state index in [0.717, 1.165) is 23.7 Å². The number of carbonyl (C=O) groups is 1. The molecule has 0 spiro atoms. The first-order valence-electron chi connectivity index (χ1n) is 8.54. The van der Waals surface area contributed by atoms with Crippen LogP contribution in [-0.4, -0.2) is 28.7 Å². The van der Waals surface area contributed by atoms with Crippen molar-refractivity contribution >= 4 is 39.9 Å². The third kappa shape index (κ3) is 3.70. The van der Waals surface area contributed by atoms with Gasteiger partial charge in [0.1, 0.15) is 5.69 Å². The van der Waals surface area contributed by atoms with E-state index in [1.54, 1.807) is 6.92 Å². The maximum absolute atomic E-state index is 12.2. The number of benzene rings is 1. The molecule has 1 aromatic heterocycles. The number of hydrogen-bond acceptors (Lipinski definition) is 3. The van der Waals surface area contributed by atoms with Crippen LogP contribution in [0.25, 0.3) is 10.9 Å². The molecule has 3 rings (SSSR count). The van der Waals surface area contributed by atoms with Crippen LogP contribution in [0.2, 0.25) is 0 Å². The van der Waals surface area contributed by atoms with Gasteiger partial charge < -0.3 is 20.4 Å². The zero-order valence-corrected chi connectivity index (χ0v) is 14.7. The first kappa shape index (κ1) is 16.8. The minimum absolute atomic E-state index is 0.332. The van der Waals surface area contributed by atoms with Crippen LogP contribution in [0.3, 0.4) is 0 Å². The van der Waals surface area contributed by atoms with Gasteiger partial charge in [-0.25, -0.2) is 4.79 Å². The Morgan fingerprint density at radius 3 is 2.79 bits per heavy atom. The van der Waals surface area contributed by atoms with E-state index >= 15 is 0 Å². The Kier molecular flexibility index (Phi) is 5.35. The summed E-state index contributed by atoms with van der Waals surface area (Å²) in [6.45, 7) is 2.13. The second kappa shape index (κ2) is 7.66. The Bertz CT molecular complexity index is 735. The molecule has 1 fully saturated rings. The molecule has 1 aliphatic rings. The van der Waals surface area contributed by atoms with Crippen LogP contribution in [0.4, 0.5) is 5.69 Å². The number of aromatic amines is 1. The van der Waals surface area contributed by atoms with Crippen molar-refractivity contribution in [1.29, 1.82) is 0 Å². The number of carbonyl (C=O) groups excluding carboxylic acids is 1. The molecule has 0 bridgehead atoms. The third-order valence-corrected chi connectivity index (χ3v) is 4.58. The predicted octanol–water partition coefficient (Wildman–Crippen LogP) is 3.96. The Hall–Kier alpha value is -2.08. The summed E-state index contributed by atoms with van der Waals surface area (Å²) in [6, 6.07) is 8.17. The van der Waals surface area contributed by atoms with Gasteiger partial charge in [-0.05, 0) is 38.0 Å². The normalized spacial score (nSPS) is 15.2. The molecule has 1 saturated carbocycles. The fourth-order valence-electron chi connectivity index (χ4n) is 3.21. The molecule has 0 unspecified atom stereocenters. The van der Waals surface area contributed by atoms with E-state index in [4.69, 9.17) is 17.0 Å². The molecule has 0 atom stereocenters. The van der Waals surface area contributed by atoms with Crippen molar-refractivity contribution in [2.75, 3.05) is 11.9 Å². The predicted molar refractivity (Wildman–Crippen MR) is 100 cm³/mol. The number of esters is 1. The van der Waals surface area contributed by atoms with E-state index in [1.165, 1.54) is 19.3 Å². The van der Waals surface area contributed by atoms with Gasteiger partial charge in [0.25, 0.3) is 0 Å². The highest BCUT2D eigenvalue weighted by Gasteiger charge is 2.21. The van der Waals surface area contributed by atoms with Crippen LogP contribution in [0.5, 0.6) is 0 Å². The Balaban J connectivity index is 1.82. The number of thiocarbonyl (C=S) groups is 1. The standard InChI is InChI=1S/C18H23N3O2S/c1-2-23-17(22)16-15(13-10-6-7-11-14(13)20-16)21-18(24)19-12-8-4-3-5-9-12/h6-7,10-12,20H,2-5,8-9H2,1H3,(H2,19,21,24). The largest absolute Gasteiger partial charge is 0.461 e. The molecule has 1 aliphatic carbocycles. The summed E-state index contributed by atoms with van der Waals surface area (Å²) >= 11 is 5.47. The molecule has 0 radical (unpaired) electrons. The molecular formula is C18H23N3O2S. The second-order valence-electron chi connectivity index (χ2n) is 6.07. The number of para-hydroxylation sites is 1. The van der Waals surface area contributed by atoms with Crippen LogP contribution >= 0.6 is 12.2 Å². The highest BCUT2D eigenvalue weighted by molar-refractivity contribution is 7.80. The van der Waals surface area contributed by atoms with Gasteiger partial charge in [-0.1, -0.05) is 37.5 Å². The highest BCUT2D eigenvalue weighted by Crippen LogP contribution is 2.28. The Morgan fingerprint density at radius 2 is 2.04 bits per heavy atom. The lowest BCUT2D eigenvalue weighted by molar-refractivity contribution is 0.0522. The fourth-order valence-corrected chi connectivity index (χ4v) is 3.48. The first-order chi connectivity index (χ1) is 11.7. The second-order valence-corrected chi connectivity index (χ2v) is 6.48. The zero-order valence-electron chi connectivity index (χ0n) is 13.9. The summed E-state index contributed by atoms with van der Waals surface area (Å²) in [5.74, 6) is -0.378. The lowest BCUT2D eigenvalue weighted by Crippen LogP contribution is -2.39.